The van der Waals surface area contributed by atoms with Crippen molar-refractivity contribution in [1.29, 1.82) is 0 Å². The second-order valence-electron chi connectivity index (χ2n) is 4.47. The van der Waals surface area contributed by atoms with Gasteiger partial charge in [0, 0.05) is 17.8 Å². The molecule has 2 aromatic carbocycles. The first kappa shape index (κ1) is 16.0. The summed E-state index contributed by atoms with van der Waals surface area (Å²) in [6.45, 7) is 0.361. The Bertz CT molecular complexity index is 662. The lowest BCUT2D eigenvalue weighted by atomic mass is 10.2. The molecule has 0 bridgehead atoms. The van der Waals surface area contributed by atoms with Gasteiger partial charge < -0.3 is 20.1 Å². The van der Waals surface area contributed by atoms with Crippen molar-refractivity contribution in [3.8, 4) is 11.5 Å². The molecule has 116 valence electrons. The predicted octanol–water partition coefficient (Wildman–Crippen LogP) is 3.68. The van der Waals surface area contributed by atoms with Gasteiger partial charge in [-0.1, -0.05) is 29.8 Å². The molecule has 5 nitrogen and oxygen atoms in total. The zero-order valence-electron chi connectivity index (χ0n) is 12.4. The highest BCUT2D eigenvalue weighted by Crippen LogP contribution is 2.27. The molecule has 0 aliphatic heterocycles. The van der Waals surface area contributed by atoms with Crippen LogP contribution in [0.3, 0.4) is 0 Å². The van der Waals surface area contributed by atoms with Crippen molar-refractivity contribution in [2.45, 2.75) is 6.54 Å². The molecule has 6 heteroatoms. The summed E-state index contributed by atoms with van der Waals surface area (Å²) in [5.74, 6) is 1.29. The van der Waals surface area contributed by atoms with Crippen LogP contribution in [0.2, 0.25) is 5.02 Å². The van der Waals surface area contributed by atoms with Gasteiger partial charge in [-0.15, -0.1) is 0 Å². The van der Waals surface area contributed by atoms with E-state index in [-0.39, 0.29) is 6.03 Å². The molecule has 0 aliphatic rings. The molecule has 0 unspecified atom stereocenters. The van der Waals surface area contributed by atoms with Crippen molar-refractivity contribution < 1.29 is 14.3 Å². The number of carbonyl (C=O) groups excluding carboxylic acids is 1. The number of rotatable bonds is 5. The van der Waals surface area contributed by atoms with Crippen LogP contribution in [0.5, 0.6) is 11.5 Å². The molecule has 0 fully saturated rings. The quantitative estimate of drug-likeness (QED) is 0.883. The average Bonchev–Trinajstić information content (AvgIpc) is 2.53. The fourth-order valence-corrected chi connectivity index (χ4v) is 2.20. The maximum absolute atomic E-state index is 11.9. The van der Waals surface area contributed by atoms with E-state index in [0.717, 1.165) is 11.3 Å². The molecule has 0 heterocycles. The number of urea groups is 1. The number of methoxy groups -OCH3 is 2. The van der Waals surface area contributed by atoms with Crippen molar-refractivity contribution in [1.82, 2.24) is 5.32 Å². The van der Waals surface area contributed by atoms with Gasteiger partial charge in [-0.25, -0.2) is 4.79 Å². The summed E-state index contributed by atoms with van der Waals surface area (Å²) in [7, 11) is 3.13. The number of benzene rings is 2. The lowest BCUT2D eigenvalue weighted by molar-refractivity contribution is 0.251. The maximum Gasteiger partial charge on any atom is 0.319 e. The zero-order chi connectivity index (χ0) is 15.9. The molecule has 2 aromatic rings. The highest BCUT2D eigenvalue weighted by Gasteiger charge is 2.07. The topological polar surface area (TPSA) is 59.6 Å². The van der Waals surface area contributed by atoms with E-state index in [1.807, 2.05) is 24.3 Å². The van der Waals surface area contributed by atoms with Gasteiger partial charge in [0.05, 0.1) is 19.2 Å². The normalized spacial score (nSPS) is 9.95. The summed E-state index contributed by atoms with van der Waals surface area (Å²) in [5.41, 5.74) is 1.48. The van der Waals surface area contributed by atoms with Gasteiger partial charge in [-0.3, -0.25) is 0 Å². The van der Waals surface area contributed by atoms with Crippen molar-refractivity contribution in [2.75, 3.05) is 19.5 Å². The summed E-state index contributed by atoms with van der Waals surface area (Å²) in [6.07, 6.45) is 0. The summed E-state index contributed by atoms with van der Waals surface area (Å²) < 4.78 is 10.3. The van der Waals surface area contributed by atoms with Crippen LogP contribution in [-0.4, -0.2) is 20.3 Å². The molecule has 0 radical (unpaired) electrons. The maximum atomic E-state index is 11.9. The third kappa shape index (κ3) is 4.05. The second kappa shape index (κ2) is 7.56. The van der Waals surface area contributed by atoms with Crippen LogP contribution in [0.25, 0.3) is 0 Å². The molecule has 0 saturated carbocycles. The third-order valence-electron chi connectivity index (χ3n) is 3.04. The van der Waals surface area contributed by atoms with E-state index in [2.05, 4.69) is 10.6 Å². The largest absolute Gasteiger partial charge is 0.496 e. The summed E-state index contributed by atoms with van der Waals surface area (Å²) >= 11 is 6.01. The Balaban J connectivity index is 1.94. The van der Waals surface area contributed by atoms with Gasteiger partial charge in [0.25, 0.3) is 0 Å². The molecule has 0 aromatic heterocycles. The Kier molecular flexibility index (Phi) is 5.49. The van der Waals surface area contributed by atoms with E-state index in [1.54, 1.807) is 25.3 Å². The SMILES string of the molecule is COc1ccc(NC(=O)NCc2ccccc2OC)cc1Cl. The van der Waals surface area contributed by atoms with E-state index in [0.29, 0.717) is 23.0 Å². The molecular formula is C16H17ClN2O3. The number of halogens is 1. The van der Waals surface area contributed by atoms with E-state index in [4.69, 9.17) is 21.1 Å². The van der Waals surface area contributed by atoms with Crippen LogP contribution >= 0.6 is 11.6 Å². The number of hydrogen-bond donors (Lipinski definition) is 2. The Hall–Kier alpha value is -2.40. The standard InChI is InChI=1S/C16H17ClN2O3/c1-21-14-6-4-3-5-11(14)10-18-16(20)19-12-7-8-15(22-2)13(17)9-12/h3-9H,10H2,1-2H3,(H2,18,19,20). The van der Waals surface area contributed by atoms with Crippen LogP contribution in [-0.2, 0) is 6.54 Å². The number of carbonyl (C=O) groups is 1. The number of anilines is 1. The van der Waals surface area contributed by atoms with E-state index in [9.17, 15) is 4.79 Å². The molecule has 0 spiro atoms. The van der Waals surface area contributed by atoms with Gasteiger partial charge in [-0.2, -0.15) is 0 Å². The monoisotopic (exact) mass is 320 g/mol. The zero-order valence-corrected chi connectivity index (χ0v) is 13.1. The highest BCUT2D eigenvalue weighted by molar-refractivity contribution is 6.32. The molecule has 0 aliphatic carbocycles. The Morgan fingerprint density at radius 2 is 1.82 bits per heavy atom. The van der Waals surface area contributed by atoms with Gasteiger partial charge in [0.2, 0.25) is 0 Å². The number of hydrogen-bond acceptors (Lipinski definition) is 3. The Morgan fingerprint density at radius 3 is 2.50 bits per heavy atom. The summed E-state index contributed by atoms with van der Waals surface area (Å²) in [4.78, 5) is 11.9. The fraction of sp³-hybridized carbons (Fsp3) is 0.188. The van der Waals surface area contributed by atoms with Crippen molar-refractivity contribution in [3.63, 3.8) is 0 Å². The third-order valence-corrected chi connectivity index (χ3v) is 3.34. The number of para-hydroxylation sites is 1. The minimum atomic E-state index is -0.327. The lowest BCUT2D eigenvalue weighted by Gasteiger charge is -2.11. The average molecular weight is 321 g/mol. The van der Waals surface area contributed by atoms with E-state index >= 15 is 0 Å². The molecular weight excluding hydrogens is 304 g/mol. The van der Waals surface area contributed by atoms with Gasteiger partial charge in [0.15, 0.2) is 0 Å². The Morgan fingerprint density at radius 1 is 1.09 bits per heavy atom. The number of amides is 2. The van der Waals surface area contributed by atoms with E-state index in [1.165, 1.54) is 7.11 Å². The number of nitrogens with one attached hydrogen (secondary N) is 2. The second-order valence-corrected chi connectivity index (χ2v) is 4.88. The van der Waals surface area contributed by atoms with E-state index < -0.39 is 0 Å². The van der Waals surface area contributed by atoms with Gasteiger partial charge >= 0.3 is 6.03 Å². The van der Waals surface area contributed by atoms with Crippen LogP contribution in [0.1, 0.15) is 5.56 Å². The first-order valence-corrected chi connectivity index (χ1v) is 7.02. The minimum absolute atomic E-state index is 0.327. The number of ether oxygens (including phenoxy) is 2. The molecule has 22 heavy (non-hydrogen) atoms. The molecule has 2 amide bonds. The predicted molar refractivity (Wildman–Crippen MR) is 86.9 cm³/mol. The Labute approximate surface area is 134 Å². The van der Waals surface area contributed by atoms with Crippen LogP contribution < -0.4 is 20.1 Å². The molecule has 0 atom stereocenters. The molecule has 0 saturated heterocycles. The van der Waals surface area contributed by atoms with Crippen LogP contribution in [0.4, 0.5) is 10.5 Å². The first-order valence-electron chi connectivity index (χ1n) is 6.64. The molecule has 2 N–H and O–H groups in total. The van der Waals surface area contributed by atoms with Crippen LogP contribution in [0, 0.1) is 0 Å². The first-order chi connectivity index (χ1) is 10.6. The van der Waals surface area contributed by atoms with Crippen molar-refractivity contribution in [2.24, 2.45) is 0 Å². The lowest BCUT2D eigenvalue weighted by Crippen LogP contribution is -2.28. The van der Waals surface area contributed by atoms with Crippen LogP contribution in [0.15, 0.2) is 42.5 Å². The minimum Gasteiger partial charge on any atom is -0.496 e. The van der Waals surface area contributed by atoms with Crippen molar-refractivity contribution >= 4 is 23.3 Å². The smallest absolute Gasteiger partial charge is 0.319 e. The summed E-state index contributed by atoms with van der Waals surface area (Å²) in [5, 5.41) is 5.91. The highest BCUT2D eigenvalue weighted by atomic mass is 35.5. The summed E-state index contributed by atoms with van der Waals surface area (Å²) in [6, 6.07) is 12.2. The van der Waals surface area contributed by atoms with Gasteiger partial charge in [0.1, 0.15) is 11.5 Å². The molecule has 2 rings (SSSR count). The fourth-order valence-electron chi connectivity index (χ4n) is 1.94. The van der Waals surface area contributed by atoms with Gasteiger partial charge in [-0.05, 0) is 24.3 Å². The van der Waals surface area contributed by atoms with Crippen molar-refractivity contribution in [3.05, 3.63) is 53.1 Å².